The summed E-state index contributed by atoms with van der Waals surface area (Å²) in [6.07, 6.45) is 0. The molecule has 66 heavy (non-hydrogen) atoms. The Hall–Kier alpha value is -8.08. The second-order valence-electron chi connectivity index (χ2n) is 18.5. The fraction of sp³-hybridized carbons (Fsp3) is 0.0968. The summed E-state index contributed by atoms with van der Waals surface area (Å²) in [4.78, 5) is 4.70. The highest BCUT2D eigenvalue weighted by Crippen LogP contribution is 2.52. The zero-order valence-electron chi connectivity index (χ0n) is 37.3. The lowest BCUT2D eigenvalue weighted by Crippen LogP contribution is -2.10. The molecule has 0 atom stereocenters. The quantitative estimate of drug-likeness (QED) is 0.152. The molecule has 4 nitrogen and oxygen atoms in total. The van der Waals surface area contributed by atoms with Crippen molar-refractivity contribution < 1.29 is 8.83 Å². The van der Waals surface area contributed by atoms with Crippen LogP contribution >= 0.6 is 0 Å². The molecule has 10 aromatic carbocycles. The number of hydrogen-bond donors (Lipinski definition) is 0. The SMILES string of the molecule is CC(C)c1ccc(N(c2ccc3cc4c(cc3c2)-c2cc3ccc(N(c5ccc(C(C)C)cc5)c5cccc6c5oc5ccccc56)cc3cc2-4)c2cccc3c2oc2ccccc23)cc1. The van der Waals surface area contributed by atoms with E-state index < -0.39 is 0 Å². The monoisotopic (exact) mass is 850 g/mol. The molecule has 12 aromatic rings. The lowest BCUT2D eigenvalue weighted by molar-refractivity contribution is 0.668. The van der Waals surface area contributed by atoms with E-state index in [1.54, 1.807) is 0 Å². The van der Waals surface area contributed by atoms with Crippen LogP contribution in [0.3, 0.4) is 0 Å². The fourth-order valence-electron chi connectivity index (χ4n) is 10.4. The molecular weight excluding hydrogens is 805 g/mol. The van der Waals surface area contributed by atoms with Gasteiger partial charge in [-0.15, -0.1) is 0 Å². The van der Waals surface area contributed by atoms with Gasteiger partial charge in [0.25, 0.3) is 0 Å². The molecule has 0 amide bonds. The molecule has 1 aliphatic carbocycles. The molecule has 2 heterocycles. The zero-order chi connectivity index (χ0) is 44.2. The minimum absolute atomic E-state index is 0.443. The van der Waals surface area contributed by atoms with Crippen molar-refractivity contribution in [2.45, 2.75) is 39.5 Å². The molecule has 0 bridgehead atoms. The number of furan rings is 2. The Bertz CT molecular complexity index is 3620. The van der Waals surface area contributed by atoms with Crippen LogP contribution in [0, 0.1) is 0 Å². The highest BCUT2D eigenvalue weighted by Gasteiger charge is 2.26. The van der Waals surface area contributed by atoms with Crippen LogP contribution in [0.15, 0.2) is 203 Å². The largest absolute Gasteiger partial charge is 0.454 e. The molecule has 4 heteroatoms. The molecule has 316 valence electrons. The molecule has 0 N–H and O–H groups in total. The van der Waals surface area contributed by atoms with Crippen LogP contribution in [0.25, 0.3) is 87.7 Å². The van der Waals surface area contributed by atoms with Gasteiger partial charge in [-0.1, -0.05) is 125 Å². The fourth-order valence-corrected chi connectivity index (χ4v) is 10.4. The van der Waals surface area contributed by atoms with Crippen molar-refractivity contribution in [3.05, 3.63) is 205 Å². The van der Waals surface area contributed by atoms with E-state index in [-0.39, 0.29) is 0 Å². The summed E-state index contributed by atoms with van der Waals surface area (Å²) in [5, 5.41) is 9.30. The normalized spacial score (nSPS) is 12.2. The van der Waals surface area contributed by atoms with Crippen molar-refractivity contribution in [2.24, 2.45) is 0 Å². The molecule has 0 radical (unpaired) electrons. The Morgan fingerprint density at radius 1 is 0.318 bits per heavy atom. The molecule has 0 fully saturated rings. The van der Waals surface area contributed by atoms with Gasteiger partial charge in [-0.3, -0.25) is 0 Å². The minimum Gasteiger partial charge on any atom is -0.454 e. The second-order valence-corrected chi connectivity index (χ2v) is 18.5. The van der Waals surface area contributed by atoms with E-state index in [0.717, 1.165) is 78.0 Å². The van der Waals surface area contributed by atoms with Gasteiger partial charge in [0.15, 0.2) is 11.2 Å². The van der Waals surface area contributed by atoms with Gasteiger partial charge < -0.3 is 18.6 Å². The second kappa shape index (κ2) is 14.7. The van der Waals surface area contributed by atoms with Crippen LogP contribution in [-0.4, -0.2) is 0 Å². The van der Waals surface area contributed by atoms with E-state index in [4.69, 9.17) is 8.83 Å². The van der Waals surface area contributed by atoms with E-state index in [2.05, 4.69) is 219 Å². The van der Waals surface area contributed by atoms with Crippen LogP contribution < -0.4 is 9.80 Å². The average Bonchev–Trinajstić information content (AvgIpc) is 3.93. The summed E-state index contributed by atoms with van der Waals surface area (Å²) in [6, 6.07) is 70.8. The van der Waals surface area contributed by atoms with Gasteiger partial charge in [0, 0.05) is 44.3 Å². The van der Waals surface area contributed by atoms with E-state index in [9.17, 15) is 0 Å². The molecule has 0 saturated heterocycles. The maximum absolute atomic E-state index is 6.63. The third kappa shape index (κ3) is 5.98. The Balaban J connectivity index is 0.909. The third-order valence-electron chi connectivity index (χ3n) is 13.9. The van der Waals surface area contributed by atoms with E-state index in [1.807, 2.05) is 12.1 Å². The first-order chi connectivity index (χ1) is 32.3. The van der Waals surface area contributed by atoms with Crippen LogP contribution in [-0.2, 0) is 0 Å². The van der Waals surface area contributed by atoms with Crippen LogP contribution in [0.5, 0.6) is 0 Å². The van der Waals surface area contributed by atoms with E-state index >= 15 is 0 Å². The summed E-state index contributed by atoms with van der Waals surface area (Å²) in [5.41, 5.74) is 17.7. The summed E-state index contributed by atoms with van der Waals surface area (Å²) >= 11 is 0. The maximum atomic E-state index is 6.63. The molecule has 0 unspecified atom stereocenters. The lowest BCUT2D eigenvalue weighted by atomic mass is 9.78. The summed E-state index contributed by atoms with van der Waals surface area (Å²) in [6.45, 7) is 8.97. The summed E-state index contributed by atoms with van der Waals surface area (Å²) < 4.78 is 13.3. The van der Waals surface area contributed by atoms with Gasteiger partial charge in [0.2, 0.25) is 0 Å². The molecule has 0 aliphatic heterocycles. The van der Waals surface area contributed by atoms with Crippen molar-refractivity contribution in [3.8, 4) is 22.3 Å². The standard InChI is InChI=1S/C62H46N2O2/c1-37(2)39-19-25-45(26-20-39)63(57-15-9-13-51-49-11-5-7-17-59(49)65-61(51)57)47-29-23-41-33-53-55(35-43(41)31-47)54-34-42-24-30-48(32-44(42)36-56(53)54)64(46-27-21-40(22-28-46)38(3)4)58-16-10-14-52-50-12-6-8-18-60(50)66-62(52)58/h5-38H,1-4H3. The Kier molecular flexibility index (Phi) is 8.57. The van der Waals surface area contributed by atoms with Crippen LogP contribution in [0.2, 0.25) is 0 Å². The zero-order valence-corrected chi connectivity index (χ0v) is 37.3. The van der Waals surface area contributed by atoms with Crippen LogP contribution in [0.4, 0.5) is 34.1 Å². The number of hydrogen-bond acceptors (Lipinski definition) is 4. The first-order valence-corrected chi connectivity index (χ1v) is 23.1. The molecule has 0 saturated carbocycles. The number of fused-ring (bicyclic) bond motifs is 12. The smallest absolute Gasteiger partial charge is 0.159 e. The van der Waals surface area contributed by atoms with E-state index in [1.165, 1.54) is 54.9 Å². The average molecular weight is 851 g/mol. The maximum Gasteiger partial charge on any atom is 0.159 e. The van der Waals surface area contributed by atoms with Crippen molar-refractivity contribution in [2.75, 3.05) is 9.80 Å². The molecule has 1 aliphatic rings. The van der Waals surface area contributed by atoms with Crippen LogP contribution in [0.1, 0.15) is 50.7 Å². The van der Waals surface area contributed by atoms with Crippen molar-refractivity contribution in [1.82, 2.24) is 0 Å². The molecule has 13 rings (SSSR count). The topological polar surface area (TPSA) is 32.8 Å². The predicted molar refractivity (Wildman–Crippen MR) is 278 cm³/mol. The van der Waals surface area contributed by atoms with Crippen molar-refractivity contribution >= 4 is 99.5 Å². The first kappa shape index (κ1) is 38.4. The van der Waals surface area contributed by atoms with Gasteiger partial charge >= 0.3 is 0 Å². The van der Waals surface area contributed by atoms with E-state index in [0.29, 0.717) is 11.8 Å². The Morgan fingerprint density at radius 3 is 1.09 bits per heavy atom. The van der Waals surface area contributed by atoms with Gasteiger partial charge in [0.1, 0.15) is 11.2 Å². The van der Waals surface area contributed by atoms with Gasteiger partial charge in [-0.2, -0.15) is 0 Å². The highest BCUT2D eigenvalue weighted by atomic mass is 16.3. The van der Waals surface area contributed by atoms with Gasteiger partial charge in [-0.05, 0) is 164 Å². The van der Waals surface area contributed by atoms with Crippen molar-refractivity contribution in [1.29, 1.82) is 0 Å². The lowest BCUT2D eigenvalue weighted by Gasteiger charge is -2.29. The minimum atomic E-state index is 0.443. The summed E-state index contributed by atoms with van der Waals surface area (Å²) in [5.74, 6) is 0.886. The number of para-hydroxylation sites is 4. The third-order valence-corrected chi connectivity index (χ3v) is 13.9. The first-order valence-electron chi connectivity index (χ1n) is 23.1. The molecule has 2 aromatic heterocycles. The number of benzene rings is 10. The van der Waals surface area contributed by atoms with Gasteiger partial charge in [0.05, 0.1) is 11.4 Å². The Labute approximate surface area is 383 Å². The van der Waals surface area contributed by atoms with Crippen molar-refractivity contribution in [3.63, 3.8) is 0 Å². The molecular formula is C62H46N2O2. The number of rotatable bonds is 8. The highest BCUT2D eigenvalue weighted by molar-refractivity contribution is 6.14. The van der Waals surface area contributed by atoms with Gasteiger partial charge in [-0.25, -0.2) is 0 Å². The summed E-state index contributed by atoms with van der Waals surface area (Å²) in [7, 11) is 0. The molecule has 0 spiro atoms. The Morgan fingerprint density at radius 2 is 0.682 bits per heavy atom. The number of nitrogens with zero attached hydrogens (tertiary/aromatic N) is 2. The predicted octanol–water partition coefficient (Wildman–Crippen LogP) is 18.6. The number of anilines is 6.